The van der Waals surface area contributed by atoms with E-state index in [-0.39, 0.29) is 6.61 Å². The predicted octanol–water partition coefficient (Wildman–Crippen LogP) is 2.17. The molecule has 24 heavy (non-hydrogen) atoms. The molecular formula is C19H24O5. The van der Waals surface area contributed by atoms with Crippen molar-refractivity contribution in [1.29, 1.82) is 0 Å². The molecule has 0 aromatic heterocycles. The van der Waals surface area contributed by atoms with Gasteiger partial charge in [0.25, 0.3) is 0 Å². The van der Waals surface area contributed by atoms with E-state index in [2.05, 4.69) is 0 Å². The molecule has 130 valence electrons. The number of rotatable bonds is 11. The van der Waals surface area contributed by atoms with E-state index in [1.54, 1.807) is 0 Å². The summed E-state index contributed by atoms with van der Waals surface area (Å²) >= 11 is 0. The lowest BCUT2D eigenvalue weighted by molar-refractivity contribution is 0.0247. The highest BCUT2D eigenvalue weighted by Gasteiger charge is 2.09. The van der Waals surface area contributed by atoms with Crippen LogP contribution in [0.5, 0.6) is 5.75 Å². The molecule has 0 amide bonds. The topological polar surface area (TPSA) is 68.2 Å². The molecule has 0 aliphatic carbocycles. The Hall–Kier alpha value is -1.92. The largest absolute Gasteiger partial charge is 0.491 e. The minimum atomic E-state index is -0.637. The molecule has 5 nitrogen and oxygen atoms in total. The van der Waals surface area contributed by atoms with Crippen molar-refractivity contribution in [2.45, 2.75) is 6.10 Å². The van der Waals surface area contributed by atoms with E-state index in [9.17, 15) is 5.11 Å². The average Bonchev–Trinajstić information content (AvgIpc) is 2.64. The van der Waals surface area contributed by atoms with Crippen molar-refractivity contribution >= 4 is 0 Å². The minimum Gasteiger partial charge on any atom is -0.491 e. The van der Waals surface area contributed by atoms with Crippen molar-refractivity contribution in [2.75, 3.05) is 39.6 Å². The number of benzene rings is 2. The Morgan fingerprint density at radius 1 is 0.708 bits per heavy atom. The van der Waals surface area contributed by atoms with Crippen LogP contribution >= 0.6 is 0 Å². The zero-order chi connectivity index (χ0) is 17.0. The van der Waals surface area contributed by atoms with Gasteiger partial charge in [-0.05, 0) is 23.3 Å². The van der Waals surface area contributed by atoms with Gasteiger partial charge in [-0.1, -0.05) is 42.5 Å². The summed E-state index contributed by atoms with van der Waals surface area (Å²) in [6.07, 6.45) is -0.637. The van der Waals surface area contributed by atoms with Crippen LogP contribution in [0.1, 0.15) is 17.2 Å². The lowest BCUT2D eigenvalue weighted by Gasteiger charge is -2.12. The third-order valence-electron chi connectivity index (χ3n) is 3.42. The number of hydrogen-bond donors (Lipinski definition) is 2. The Morgan fingerprint density at radius 2 is 1.29 bits per heavy atom. The monoisotopic (exact) mass is 332 g/mol. The third kappa shape index (κ3) is 6.29. The first-order chi connectivity index (χ1) is 11.8. The molecule has 0 fully saturated rings. The van der Waals surface area contributed by atoms with Crippen LogP contribution in [-0.2, 0) is 9.47 Å². The molecule has 2 N–H and O–H groups in total. The summed E-state index contributed by atoms with van der Waals surface area (Å²) in [4.78, 5) is 0. The molecule has 0 saturated heterocycles. The first-order valence-electron chi connectivity index (χ1n) is 8.03. The van der Waals surface area contributed by atoms with Crippen LogP contribution in [0.25, 0.3) is 0 Å². The molecule has 0 bridgehead atoms. The van der Waals surface area contributed by atoms with E-state index >= 15 is 0 Å². The van der Waals surface area contributed by atoms with E-state index < -0.39 is 6.10 Å². The number of ether oxygens (including phenoxy) is 3. The number of aliphatic hydroxyl groups is 2. The maximum atomic E-state index is 10.3. The third-order valence-corrected chi connectivity index (χ3v) is 3.42. The highest BCUT2D eigenvalue weighted by atomic mass is 16.5. The molecule has 1 atom stereocenters. The molecule has 0 aliphatic rings. The fourth-order valence-corrected chi connectivity index (χ4v) is 2.18. The Bertz CT molecular complexity index is 556. The molecule has 0 spiro atoms. The fraction of sp³-hybridized carbons (Fsp3) is 0.368. The second-order valence-corrected chi connectivity index (χ2v) is 5.18. The zero-order valence-corrected chi connectivity index (χ0v) is 13.6. The summed E-state index contributed by atoms with van der Waals surface area (Å²) in [5.74, 6) is 0.735. The Labute approximate surface area is 142 Å². The van der Waals surface area contributed by atoms with Crippen molar-refractivity contribution in [3.8, 4) is 5.75 Å². The normalized spacial score (nSPS) is 12.1. The standard InChI is InChI=1S/C19H24O5/c20-10-11-22-12-13-23-14-15-24-18-8-6-17(7-9-18)19(21)16-4-2-1-3-5-16/h1-9,19-21H,10-15H2/t19-/m1/s1. The second-order valence-electron chi connectivity index (χ2n) is 5.18. The summed E-state index contributed by atoms with van der Waals surface area (Å²) in [7, 11) is 0. The van der Waals surface area contributed by atoms with Crippen molar-refractivity contribution in [2.24, 2.45) is 0 Å². The molecule has 2 aromatic carbocycles. The first-order valence-corrected chi connectivity index (χ1v) is 8.03. The average molecular weight is 332 g/mol. The van der Waals surface area contributed by atoms with E-state index in [1.807, 2.05) is 54.6 Å². The highest BCUT2D eigenvalue weighted by Crippen LogP contribution is 2.23. The molecular weight excluding hydrogens is 308 g/mol. The van der Waals surface area contributed by atoms with Crippen LogP contribution in [-0.4, -0.2) is 49.9 Å². The summed E-state index contributed by atoms with van der Waals surface area (Å²) in [6, 6.07) is 16.9. The maximum absolute atomic E-state index is 10.3. The summed E-state index contributed by atoms with van der Waals surface area (Å²) in [6.45, 7) is 2.22. The molecule has 0 heterocycles. The molecule has 2 rings (SSSR count). The molecule has 0 unspecified atom stereocenters. The van der Waals surface area contributed by atoms with E-state index in [1.165, 1.54) is 0 Å². The Balaban J connectivity index is 1.69. The fourth-order valence-electron chi connectivity index (χ4n) is 2.18. The number of aliphatic hydroxyl groups excluding tert-OH is 2. The minimum absolute atomic E-state index is 0.0259. The van der Waals surface area contributed by atoms with E-state index in [0.29, 0.717) is 33.0 Å². The van der Waals surface area contributed by atoms with Gasteiger partial charge in [-0.3, -0.25) is 0 Å². The van der Waals surface area contributed by atoms with Crippen LogP contribution in [0.2, 0.25) is 0 Å². The maximum Gasteiger partial charge on any atom is 0.119 e. The van der Waals surface area contributed by atoms with Crippen LogP contribution in [0.3, 0.4) is 0 Å². The Morgan fingerprint density at radius 3 is 1.96 bits per heavy atom. The van der Waals surface area contributed by atoms with Crippen LogP contribution in [0.4, 0.5) is 0 Å². The zero-order valence-electron chi connectivity index (χ0n) is 13.6. The van der Waals surface area contributed by atoms with Crippen molar-refractivity contribution < 1.29 is 24.4 Å². The Kier molecular flexibility index (Phi) is 8.27. The van der Waals surface area contributed by atoms with Gasteiger partial charge < -0.3 is 24.4 Å². The molecule has 0 saturated carbocycles. The molecule has 0 radical (unpaired) electrons. The summed E-state index contributed by atoms with van der Waals surface area (Å²) in [5.41, 5.74) is 1.69. The quantitative estimate of drug-likeness (QED) is 0.617. The second kappa shape index (κ2) is 10.8. The van der Waals surface area contributed by atoms with Crippen LogP contribution < -0.4 is 4.74 Å². The summed E-state index contributed by atoms with van der Waals surface area (Å²) < 4.78 is 16.0. The smallest absolute Gasteiger partial charge is 0.119 e. The van der Waals surface area contributed by atoms with Gasteiger partial charge in [0.15, 0.2) is 0 Å². The van der Waals surface area contributed by atoms with Gasteiger partial charge in [0, 0.05) is 0 Å². The van der Waals surface area contributed by atoms with Crippen molar-refractivity contribution in [3.05, 3.63) is 65.7 Å². The lowest BCUT2D eigenvalue weighted by atomic mass is 10.0. The lowest BCUT2D eigenvalue weighted by Crippen LogP contribution is -2.12. The van der Waals surface area contributed by atoms with Gasteiger partial charge in [-0.15, -0.1) is 0 Å². The summed E-state index contributed by atoms with van der Waals surface area (Å²) in [5, 5.41) is 18.9. The molecule has 0 aliphatic heterocycles. The molecule has 5 heteroatoms. The van der Waals surface area contributed by atoms with Crippen LogP contribution in [0.15, 0.2) is 54.6 Å². The predicted molar refractivity (Wildman–Crippen MR) is 91.2 cm³/mol. The van der Waals surface area contributed by atoms with Gasteiger partial charge in [-0.25, -0.2) is 0 Å². The van der Waals surface area contributed by atoms with Crippen molar-refractivity contribution in [3.63, 3.8) is 0 Å². The SMILES string of the molecule is OCCOCCOCCOc1ccc([C@H](O)c2ccccc2)cc1. The van der Waals surface area contributed by atoms with Gasteiger partial charge in [0.2, 0.25) is 0 Å². The van der Waals surface area contributed by atoms with Crippen LogP contribution in [0, 0.1) is 0 Å². The van der Waals surface area contributed by atoms with Gasteiger partial charge in [-0.2, -0.15) is 0 Å². The first kappa shape index (κ1) is 18.4. The number of hydrogen-bond acceptors (Lipinski definition) is 5. The van der Waals surface area contributed by atoms with Gasteiger partial charge in [0.05, 0.1) is 33.0 Å². The van der Waals surface area contributed by atoms with Crippen molar-refractivity contribution in [1.82, 2.24) is 0 Å². The van der Waals surface area contributed by atoms with E-state index in [0.717, 1.165) is 16.9 Å². The van der Waals surface area contributed by atoms with Gasteiger partial charge >= 0.3 is 0 Å². The van der Waals surface area contributed by atoms with Gasteiger partial charge in [0.1, 0.15) is 18.5 Å². The highest BCUT2D eigenvalue weighted by molar-refractivity contribution is 5.33. The molecule has 2 aromatic rings. The van der Waals surface area contributed by atoms with E-state index in [4.69, 9.17) is 19.3 Å².